The van der Waals surface area contributed by atoms with Gasteiger partial charge < -0.3 is 44.7 Å². The Hall–Kier alpha value is -3.16. The number of amides is 2. The molecule has 12 nitrogen and oxygen atoms in total. The van der Waals surface area contributed by atoms with Gasteiger partial charge in [-0.3, -0.25) is 9.59 Å². The maximum absolute atomic E-state index is 13.8. The van der Waals surface area contributed by atoms with Crippen molar-refractivity contribution in [2.45, 2.75) is 89.1 Å². The number of anilines is 1. The number of aliphatic hydroxyl groups excluding tert-OH is 1. The molecule has 250 valence electrons. The van der Waals surface area contributed by atoms with E-state index in [1.54, 1.807) is 47.0 Å². The minimum Gasteiger partial charge on any atom is -0.495 e. The van der Waals surface area contributed by atoms with E-state index in [4.69, 9.17) is 41.0 Å². The van der Waals surface area contributed by atoms with Gasteiger partial charge in [-0.2, -0.15) is 0 Å². The van der Waals surface area contributed by atoms with Crippen molar-refractivity contribution < 1.29 is 43.2 Å². The minimum atomic E-state index is -1.13. The molecule has 2 aliphatic rings. The molecule has 13 heteroatoms. The molecule has 4 N–H and O–H groups in total. The molecule has 2 aliphatic heterocycles. The fraction of sp³-hybridized carbons (Fsp3) is 0.594. The number of primary amides is 1. The number of nitrogens with one attached hydrogen (secondary N) is 1. The van der Waals surface area contributed by atoms with E-state index in [2.05, 4.69) is 5.32 Å². The lowest BCUT2D eigenvalue weighted by Crippen LogP contribution is -2.45. The van der Waals surface area contributed by atoms with Crippen molar-refractivity contribution in [1.29, 1.82) is 0 Å². The smallest absolute Gasteiger partial charge is 0.404 e. The first-order valence-corrected chi connectivity index (χ1v) is 15.2. The summed E-state index contributed by atoms with van der Waals surface area (Å²) < 4.78 is 28.5. The normalized spacial score (nSPS) is 30.1. The van der Waals surface area contributed by atoms with Crippen LogP contribution in [0.15, 0.2) is 35.9 Å². The number of nitrogens with zero attached hydrogens (tertiary/aromatic N) is 1. The summed E-state index contributed by atoms with van der Waals surface area (Å²) in [6.07, 6.45) is 0.313. The fourth-order valence-corrected chi connectivity index (χ4v) is 5.89. The summed E-state index contributed by atoms with van der Waals surface area (Å²) in [6.45, 7) is 7.10. The van der Waals surface area contributed by atoms with Crippen LogP contribution in [0.4, 0.5) is 10.5 Å². The SMILES string of the molecule is CNC(C)C(=O)OC1CC(=O)N(C)c2cc(cc(OC)c2Cl)CC(C)=CC=CC(OC)C(O)CC(OC(N)=O)C(C)C2OC12C. The number of hydrogen-bond acceptors (Lipinski definition) is 10. The largest absolute Gasteiger partial charge is 0.495 e. The lowest BCUT2D eigenvalue weighted by atomic mass is 9.85. The van der Waals surface area contributed by atoms with Crippen LogP contribution in [0.2, 0.25) is 5.02 Å². The van der Waals surface area contributed by atoms with Crippen LogP contribution in [0.25, 0.3) is 0 Å². The maximum atomic E-state index is 13.8. The van der Waals surface area contributed by atoms with Gasteiger partial charge in [-0.1, -0.05) is 42.3 Å². The summed E-state index contributed by atoms with van der Waals surface area (Å²) in [4.78, 5) is 40.1. The number of likely N-dealkylation sites (N-methyl/N-ethyl adjacent to an activating group) is 1. The highest BCUT2D eigenvalue weighted by Gasteiger charge is 2.63. The quantitative estimate of drug-likeness (QED) is 0.307. The first-order valence-electron chi connectivity index (χ1n) is 14.9. The van der Waals surface area contributed by atoms with Crippen molar-refractivity contribution in [2.75, 3.05) is 33.2 Å². The zero-order valence-electron chi connectivity index (χ0n) is 27.2. The molecule has 0 saturated carbocycles. The molecule has 0 aromatic heterocycles. The molecule has 1 aromatic carbocycles. The van der Waals surface area contributed by atoms with Crippen LogP contribution in [0.5, 0.6) is 5.75 Å². The summed E-state index contributed by atoms with van der Waals surface area (Å²) in [6, 6.07) is 2.97. The summed E-state index contributed by atoms with van der Waals surface area (Å²) in [5.41, 5.74) is 6.52. The number of allylic oxidation sites excluding steroid dienone is 3. The van der Waals surface area contributed by atoms with E-state index < -0.39 is 60.1 Å². The molecule has 0 spiro atoms. The Morgan fingerprint density at radius 1 is 1.27 bits per heavy atom. The van der Waals surface area contributed by atoms with Crippen molar-refractivity contribution in [3.05, 3.63) is 46.5 Å². The zero-order valence-corrected chi connectivity index (χ0v) is 27.9. The van der Waals surface area contributed by atoms with Crippen LogP contribution in [-0.2, 0) is 35.0 Å². The molecular formula is C32H46ClN3O9. The van der Waals surface area contributed by atoms with Gasteiger partial charge in [0.05, 0.1) is 31.4 Å². The molecule has 1 fully saturated rings. The third kappa shape index (κ3) is 8.76. The topological polar surface area (TPSA) is 162 Å². The molecule has 3 rings (SSSR count). The van der Waals surface area contributed by atoms with Gasteiger partial charge in [0.15, 0.2) is 0 Å². The Labute approximate surface area is 269 Å². The van der Waals surface area contributed by atoms with Gasteiger partial charge in [0, 0.05) is 26.5 Å². The number of aliphatic hydroxyl groups is 1. The van der Waals surface area contributed by atoms with Crippen LogP contribution in [-0.4, -0.2) is 93.6 Å². The van der Waals surface area contributed by atoms with Gasteiger partial charge in [0.1, 0.15) is 40.7 Å². The number of rotatable bonds is 6. The Balaban J connectivity index is 2.11. The molecule has 0 radical (unpaired) electrons. The molecule has 2 bridgehead atoms. The Kier molecular flexibility index (Phi) is 12.4. The van der Waals surface area contributed by atoms with Gasteiger partial charge in [-0.05, 0) is 51.9 Å². The van der Waals surface area contributed by atoms with Gasteiger partial charge >= 0.3 is 12.1 Å². The predicted octanol–water partition coefficient (Wildman–Crippen LogP) is 3.30. The molecular weight excluding hydrogens is 606 g/mol. The van der Waals surface area contributed by atoms with Crippen LogP contribution in [0, 0.1) is 5.92 Å². The van der Waals surface area contributed by atoms with Crippen molar-refractivity contribution in [2.24, 2.45) is 11.7 Å². The number of nitrogens with two attached hydrogens (primary N) is 1. The number of carbonyl (C=O) groups excluding carboxylic acids is 3. The van der Waals surface area contributed by atoms with Crippen molar-refractivity contribution in [3.8, 4) is 5.75 Å². The van der Waals surface area contributed by atoms with Crippen molar-refractivity contribution in [3.63, 3.8) is 0 Å². The molecule has 0 aliphatic carbocycles. The van der Waals surface area contributed by atoms with E-state index >= 15 is 0 Å². The minimum absolute atomic E-state index is 0.0152. The molecule has 8 unspecified atom stereocenters. The lowest BCUT2D eigenvalue weighted by Gasteiger charge is -2.29. The lowest BCUT2D eigenvalue weighted by molar-refractivity contribution is -0.155. The van der Waals surface area contributed by atoms with E-state index in [0.29, 0.717) is 17.9 Å². The van der Waals surface area contributed by atoms with Gasteiger partial charge in [-0.25, -0.2) is 4.79 Å². The van der Waals surface area contributed by atoms with E-state index in [-0.39, 0.29) is 23.8 Å². The Morgan fingerprint density at radius 3 is 2.56 bits per heavy atom. The number of epoxide rings is 1. The monoisotopic (exact) mass is 651 g/mol. The van der Waals surface area contributed by atoms with Crippen LogP contribution in [0.1, 0.15) is 46.1 Å². The predicted molar refractivity (Wildman–Crippen MR) is 169 cm³/mol. The second-order valence-electron chi connectivity index (χ2n) is 11.9. The summed E-state index contributed by atoms with van der Waals surface area (Å²) >= 11 is 6.68. The highest BCUT2D eigenvalue weighted by atomic mass is 35.5. The Morgan fingerprint density at radius 2 is 1.96 bits per heavy atom. The van der Waals surface area contributed by atoms with Crippen LogP contribution in [0.3, 0.4) is 0 Å². The number of methoxy groups -OCH3 is 2. The number of hydrogen-bond donors (Lipinski definition) is 3. The summed E-state index contributed by atoms with van der Waals surface area (Å²) in [5.74, 6) is -1.07. The number of ether oxygens (including phenoxy) is 5. The van der Waals surface area contributed by atoms with Crippen LogP contribution >= 0.6 is 11.6 Å². The molecule has 45 heavy (non-hydrogen) atoms. The summed E-state index contributed by atoms with van der Waals surface area (Å²) in [7, 11) is 6.18. The average Bonchev–Trinajstić information content (AvgIpc) is 3.69. The van der Waals surface area contributed by atoms with E-state index in [0.717, 1.165) is 11.1 Å². The van der Waals surface area contributed by atoms with Gasteiger partial charge in [0.2, 0.25) is 5.91 Å². The second kappa shape index (κ2) is 15.4. The Bertz CT molecular complexity index is 1300. The first kappa shape index (κ1) is 36.3. The number of halogens is 1. The number of esters is 1. The van der Waals surface area contributed by atoms with Crippen molar-refractivity contribution in [1.82, 2.24) is 5.32 Å². The van der Waals surface area contributed by atoms with E-state index in [1.165, 1.54) is 19.1 Å². The molecule has 2 amide bonds. The number of fused-ring (bicyclic) bond motifs is 3. The van der Waals surface area contributed by atoms with E-state index in [1.807, 2.05) is 25.1 Å². The van der Waals surface area contributed by atoms with Gasteiger partial charge in [0.25, 0.3) is 0 Å². The maximum Gasteiger partial charge on any atom is 0.404 e. The first-order chi connectivity index (χ1) is 21.2. The van der Waals surface area contributed by atoms with Crippen molar-refractivity contribution >= 4 is 35.3 Å². The molecule has 1 aromatic rings. The third-order valence-corrected chi connectivity index (χ3v) is 8.97. The van der Waals surface area contributed by atoms with E-state index in [9.17, 15) is 19.5 Å². The standard InChI is InChI=1S/C32H46ClN3O9/c1-17-10-9-11-23(41-7)22(37)15-24(43-31(34)40)18(2)29-32(4,45-29)26(44-30(39)19(3)35-5)16-27(38)36(6)21-13-20(12-17)14-25(42-8)28(21)33/h9-11,13-14,18-19,22-24,26,29,35,37H,12,15-16H2,1-8H3,(H2,34,40). The van der Waals surface area contributed by atoms with Crippen LogP contribution < -0.4 is 20.7 Å². The summed E-state index contributed by atoms with van der Waals surface area (Å²) in [5, 5.41) is 14.2. The highest BCUT2D eigenvalue weighted by Crippen LogP contribution is 2.48. The second-order valence-corrected chi connectivity index (χ2v) is 12.2. The number of benzene rings is 1. The number of carbonyl (C=O) groups is 3. The zero-order chi connectivity index (χ0) is 33.6. The molecule has 8 atom stereocenters. The average molecular weight is 652 g/mol. The third-order valence-electron chi connectivity index (χ3n) is 8.59. The fourth-order valence-electron chi connectivity index (χ4n) is 5.57. The molecule has 2 heterocycles. The highest BCUT2D eigenvalue weighted by molar-refractivity contribution is 6.35. The van der Waals surface area contributed by atoms with Gasteiger partial charge in [-0.15, -0.1) is 0 Å². The molecule has 1 saturated heterocycles.